The summed E-state index contributed by atoms with van der Waals surface area (Å²) in [5.41, 5.74) is 5.56. The third-order valence-corrected chi connectivity index (χ3v) is 4.66. The molecule has 3 aromatic carbocycles. The van der Waals surface area contributed by atoms with Crippen LogP contribution in [-0.4, -0.2) is 12.1 Å². The van der Waals surface area contributed by atoms with E-state index in [1.807, 2.05) is 36.4 Å². The van der Waals surface area contributed by atoms with Crippen LogP contribution in [0.4, 0.5) is 0 Å². The smallest absolute Gasteiger partial charge is 0.121 e. The number of hydrogen-bond acceptors (Lipinski definition) is 3. The molecule has 4 aromatic rings. The van der Waals surface area contributed by atoms with Gasteiger partial charge in [-0.3, -0.25) is 0 Å². The topological polar surface area (TPSA) is 34.1 Å². The second-order valence-electron chi connectivity index (χ2n) is 6.50. The Morgan fingerprint density at radius 2 is 1.48 bits per heavy atom. The molecule has 0 saturated heterocycles. The van der Waals surface area contributed by atoms with Crippen LogP contribution < -0.4 is 10.1 Å². The molecule has 29 heavy (non-hydrogen) atoms. The second-order valence-corrected chi connectivity index (χ2v) is 6.50. The molecule has 0 aliphatic rings. The summed E-state index contributed by atoms with van der Waals surface area (Å²) in [7, 11) is 1.69. The molecule has 1 heterocycles. The van der Waals surface area contributed by atoms with Crippen molar-refractivity contribution in [1.29, 1.82) is 0 Å². The molecule has 0 fully saturated rings. The first kappa shape index (κ1) is 22.7. The largest absolute Gasteiger partial charge is 0.497 e. The van der Waals surface area contributed by atoms with Gasteiger partial charge in [0.15, 0.2) is 0 Å². The van der Waals surface area contributed by atoms with Crippen molar-refractivity contribution in [2.24, 2.45) is 0 Å². The first-order valence-electron chi connectivity index (χ1n) is 9.11. The van der Waals surface area contributed by atoms with E-state index in [0.717, 1.165) is 41.0 Å². The number of benzene rings is 3. The minimum Gasteiger partial charge on any atom is -0.497 e. The number of aromatic nitrogens is 1. The van der Waals surface area contributed by atoms with Crippen molar-refractivity contribution < 1.29 is 4.74 Å². The van der Waals surface area contributed by atoms with E-state index in [0.29, 0.717) is 0 Å². The summed E-state index contributed by atoms with van der Waals surface area (Å²) in [6.45, 7) is 1.61. The number of nitrogens with one attached hydrogen (secondary N) is 1. The Kier molecular flexibility index (Phi) is 8.47. The molecule has 1 N–H and O–H groups in total. The molecular weight excluding hydrogens is 403 g/mol. The Hall–Kier alpha value is -2.59. The number of halogens is 2. The van der Waals surface area contributed by atoms with Gasteiger partial charge in [-0.05, 0) is 29.3 Å². The number of methoxy groups -OCH3 is 1. The molecule has 4 rings (SSSR count). The zero-order chi connectivity index (χ0) is 18.5. The van der Waals surface area contributed by atoms with Crippen LogP contribution in [0.1, 0.15) is 11.1 Å². The van der Waals surface area contributed by atoms with Crippen LogP contribution in [-0.2, 0) is 13.1 Å². The van der Waals surface area contributed by atoms with E-state index >= 15 is 0 Å². The number of fused-ring (bicyclic) bond motifs is 1. The molecule has 0 aliphatic heterocycles. The minimum atomic E-state index is 0. The van der Waals surface area contributed by atoms with E-state index in [-0.39, 0.29) is 24.8 Å². The Labute approximate surface area is 184 Å². The van der Waals surface area contributed by atoms with Crippen LogP contribution in [0.25, 0.3) is 22.2 Å². The highest BCUT2D eigenvalue weighted by atomic mass is 35.5. The van der Waals surface area contributed by atoms with Gasteiger partial charge >= 0.3 is 0 Å². The predicted molar refractivity (Wildman–Crippen MR) is 125 cm³/mol. The van der Waals surface area contributed by atoms with Crippen LogP contribution in [0.3, 0.4) is 0 Å². The Bertz CT molecular complexity index is 1040. The summed E-state index contributed by atoms with van der Waals surface area (Å²) in [6, 6.07) is 29.0. The van der Waals surface area contributed by atoms with Crippen molar-refractivity contribution in [3.8, 4) is 17.0 Å². The maximum absolute atomic E-state index is 5.39. The SMILES string of the molecule is COc1ccc2c(CNCc3ccccc3)cc(-c3ccccc3)nc2c1.Cl.Cl. The number of ether oxygens (including phenoxy) is 1. The molecule has 0 amide bonds. The van der Waals surface area contributed by atoms with Gasteiger partial charge in [-0.2, -0.15) is 0 Å². The molecule has 0 atom stereocenters. The summed E-state index contributed by atoms with van der Waals surface area (Å²) >= 11 is 0. The summed E-state index contributed by atoms with van der Waals surface area (Å²) in [5.74, 6) is 0.823. The van der Waals surface area contributed by atoms with Gasteiger partial charge in [-0.15, -0.1) is 24.8 Å². The van der Waals surface area contributed by atoms with Gasteiger partial charge in [0.2, 0.25) is 0 Å². The summed E-state index contributed by atoms with van der Waals surface area (Å²) in [4.78, 5) is 4.87. The standard InChI is InChI=1S/C24H22N2O.2ClH/c1-27-21-12-13-22-20(17-25-16-18-8-4-2-5-9-18)14-23(26-24(22)15-21)19-10-6-3-7-11-19;;/h2-15,25H,16-17H2,1H3;2*1H. The lowest BCUT2D eigenvalue weighted by molar-refractivity contribution is 0.415. The number of rotatable bonds is 6. The molecule has 0 bridgehead atoms. The van der Waals surface area contributed by atoms with Gasteiger partial charge in [0.1, 0.15) is 5.75 Å². The fourth-order valence-electron chi connectivity index (χ4n) is 3.25. The number of pyridine rings is 1. The van der Waals surface area contributed by atoms with Crippen molar-refractivity contribution in [2.45, 2.75) is 13.1 Å². The average molecular weight is 427 g/mol. The lowest BCUT2D eigenvalue weighted by Crippen LogP contribution is -2.13. The van der Waals surface area contributed by atoms with Crippen molar-refractivity contribution in [1.82, 2.24) is 10.3 Å². The summed E-state index contributed by atoms with van der Waals surface area (Å²) in [5, 5.41) is 4.71. The minimum absolute atomic E-state index is 0. The molecular formula is C24H24Cl2N2O. The van der Waals surface area contributed by atoms with Crippen LogP contribution in [0.2, 0.25) is 0 Å². The van der Waals surface area contributed by atoms with Crippen LogP contribution in [0, 0.1) is 0 Å². The summed E-state index contributed by atoms with van der Waals surface area (Å²) < 4.78 is 5.39. The quantitative estimate of drug-likeness (QED) is 0.407. The molecule has 3 nitrogen and oxygen atoms in total. The average Bonchev–Trinajstić information content (AvgIpc) is 2.74. The molecule has 150 valence electrons. The fraction of sp³-hybridized carbons (Fsp3) is 0.125. The fourth-order valence-corrected chi connectivity index (χ4v) is 3.25. The van der Waals surface area contributed by atoms with Crippen molar-refractivity contribution in [2.75, 3.05) is 7.11 Å². The van der Waals surface area contributed by atoms with E-state index in [9.17, 15) is 0 Å². The normalized spacial score (nSPS) is 10.1. The highest BCUT2D eigenvalue weighted by Gasteiger charge is 2.09. The van der Waals surface area contributed by atoms with Gasteiger partial charge in [0.25, 0.3) is 0 Å². The molecule has 1 aromatic heterocycles. The molecule has 0 spiro atoms. The number of nitrogens with zero attached hydrogens (tertiary/aromatic N) is 1. The van der Waals surface area contributed by atoms with Crippen molar-refractivity contribution in [3.63, 3.8) is 0 Å². The highest BCUT2D eigenvalue weighted by molar-refractivity contribution is 5.86. The van der Waals surface area contributed by atoms with E-state index in [2.05, 4.69) is 53.8 Å². The molecule has 5 heteroatoms. The Morgan fingerprint density at radius 1 is 0.793 bits per heavy atom. The second kappa shape index (κ2) is 10.8. The van der Waals surface area contributed by atoms with Gasteiger partial charge < -0.3 is 10.1 Å². The Balaban J connectivity index is 0.00000150. The maximum atomic E-state index is 5.39. The first-order chi connectivity index (χ1) is 13.3. The van der Waals surface area contributed by atoms with Gasteiger partial charge in [0.05, 0.1) is 18.3 Å². The Morgan fingerprint density at radius 3 is 2.17 bits per heavy atom. The van der Waals surface area contributed by atoms with Gasteiger partial charge in [-0.1, -0.05) is 60.7 Å². The first-order valence-corrected chi connectivity index (χ1v) is 9.11. The molecule has 0 saturated carbocycles. The van der Waals surface area contributed by atoms with E-state index in [1.54, 1.807) is 7.11 Å². The van der Waals surface area contributed by atoms with Gasteiger partial charge in [-0.25, -0.2) is 4.98 Å². The van der Waals surface area contributed by atoms with Crippen molar-refractivity contribution >= 4 is 35.7 Å². The molecule has 0 unspecified atom stereocenters. The van der Waals surface area contributed by atoms with Crippen LogP contribution in [0.15, 0.2) is 84.9 Å². The number of hydrogen-bond donors (Lipinski definition) is 1. The monoisotopic (exact) mass is 426 g/mol. The maximum Gasteiger partial charge on any atom is 0.121 e. The third-order valence-electron chi connectivity index (χ3n) is 4.66. The molecule has 0 aliphatic carbocycles. The zero-order valence-corrected chi connectivity index (χ0v) is 17.8. The summed E-state index contributed by atoms with van der Waals surface area (Å²) in [6.07, 6.45) is 0. The predicted octanol–water partition coefficient (Wildman–Crippen LogP) is 6.04. The third kappa shape index (κ3) is 5.48. The van der Waals surface area contributed by atoms with Crippen molar-refractivity contribution in [3.05, 3.63) is 96.1 Å². The zero-order valence-electron chi connectivity index (χ0n) is 16.2. The van der Waals surface area contributed by atoms with Crippen LogP contribution in [0.5, 0.6) is 5.75 Å². The van der Waals surface area contributed by atoms with Crippen LogP contribution >= 0.6 is 24.8 Å². The van der Waals surface area contributed by atoms with E-state index < -0.39 is 0 Å². The lowest BCUT2D eigenvalue weighted by Gasteiger charge is -2.12. The van der Waals surface area contributed by atoms with E-state index in [4.69, 9.17) is 9.72 Å². The molecule has 0 radical (unpaired) electrons. The van der Waals surface area contributed by atoms with E-state index in [1.165, 1.54) is 11.1 Å². The van der Waals surface area contributed by atoms with Gasteiger partial charge in [0, 0.05) is 30.1 Å². The lowest BCUT2D eigenvalue weighted by atomic mass is 10.0. The highest BCUT2D eigenvalue weighted by Crippen LogP contribution is 2.27.